The second-order valence-corrected chi connectivity index (χ2v) is 3.32. The topological polar surface area (TPSA) is 74.8 Å². The summed E-state index contributed by atoms with van der Waals surface area (Å²) in [5, 5.41) is 3.72. The van der Waals surface area contributed by atoms with E-state index in [0.29, 0.717) is 12.0 Å². The van der Waals surface area contributed by atoms with Gasteiger partial charge in [0.15, 0.2) is 0 Å². The van der Waals surface area contributed by atoms with E-state index in [1.165, 1.54) is 0 Å². The maximum absolute atomic E-state index is 8.23. The van der Waals surface area contributed by atoms with Crippen molar-refractivity contribution in [3.63, 3.8) is 0 Å². The van der Waals surface area contributed by atoms with Gasteiger partial charge in [-0.15, -0.1) is 0 Å². The molecular weight excluding hydrogens is 140 g/mol. The normalized spacial score (nSPS) is 37.8. The van der Waals surface area contributed by atoms with Gasteiger partial charge in [-0.2, -0.15) is 0 Å². The van der Waals surface area contributed by atoms with Crippen LogP contribution in [0.25, 0.3) is 10.4 Å². The van der Waals surface area contributed by atoms with Crippen LogP contribution in [-0.2, 0) is 0 Å². The smallest absolute Gasteiger partial charge is 0.0400 e. The highest BCUT2D eigenvalue weighted by atomic mass is 15.1. The molecule has 0 radical (unpaired) electrons. The van der Waals surface area contributed by atoms with E-state index in [1.807, 2.05) is 0 Å². The standard InChI is InChI=1S/C7H14N4/c1-5-4-6(8)2-3-7(5)10-11-9/h5-7H,2-4,8H2,1H3. The van der Waals surface area contributed by atoms with Crippen LogP contribution < -0.4 is 5.73 Å². The molecule has 11 heavy (non-hydrogen) atoms. The highest BCUT2D eigenvalue weighted by Crippen LogP contribution is 2.25. The van der Waals surface area contributed by atoms with E-state index in [-0.39, 0.29) is 6.04 Å². The molecule has 3 atom stereocenters. The molecule has 1 rings (SSSR count). The lowest BCUT2D eigenvalue weighted by molar-refractivity contribution is 0.299. The fraction of sp³-hybridized carbons (Fsp3) is 1.00. The maximum atomic E-state index is 8.23. The van der Waals surface area contributed by atoms with Crippen LogP contribution in [0.5, 0.6) is 0 Å². The lowest BCUT2D eigenvalue weighted by atomic mass is 9.84. The summed E-state index contributed by atoms with van der Waals surface area (Å²) in [5.41, 5.74) is 14.0. The van der Waals surface area contributed by atoms with Crippen molar-refractivity contribution in [3.8, 4) is 0 Å². The summed E-state index contributed by atoms with van der Waals surface area (Å²) in [6, 6.07) is 0.495. The van der Waals surface area contributed by atoms with Gasteiger partial charge in [-0.3, -0.25) is 0 Å². The SMILES string of the molecule is CC1CC(N)CCC1N=[N+]=[N-]. The zero-order valence-electron chi connectivity index (χ0n) is 6.77. The average molecular weight is 154 g/mol. The van der Waals surface area contributed by atoms with Crippen molar-refractivity contribution >= 4 is 0 Å². The van der Waals surface area contributed by atoms with Crippen molar-refractivity contribution in [1.82, 2.24) is 0 Å². The summed E-state index contributed by atoms with van der Waals surface area (Å²) in [4.78, 5) is 2.82. The van der Waals surface area contributed by atoms with Crippen molar-refractivity contribution < 1.29 is 0 Å². The Bertz CT molecular complexity index is 173. The van der Waals surface area contributed by atoms with Gasteiger partial charge in [-0.1, -0.05) is 12.0 Å². The Hall–Kier alpha value is -0.730. The number of nitrogens with two attached hydrogens (primary N) is 1. The summed E-state index contributed by atoms with van der Waals surface area (Å²) in [6.45, 7) is 2.10. The molecule has 0 amide bonds. The number of rotatable bonds is 1. The van der Waals surface area contributed by atoms with Crippen LogP contribution in [0.15, 0.2) is 5.11 Å². The van der Waals surface area contributed by atoms with Crippen LogP contribution in [0.4, 0.5) is 0 Å². The van der Waals surface area contributed by atoms with Crippen LogP contribution in [0.1, 0.15) is 26.2 Å². The Kier molecular flexibility index (Phi) is 2.74. The van der Waals surface area contributed by atoms with Gasteiger partial charge in [-0.05, 0) is 30.7 Å². The molecule has 0 aromatic carbocycles. The molecule has 0 heterocycles. The van der Waals surface area contributed by atoms with Crippen molar-refractivity contribution in [2.75, 3.05) is 0 Å². The second-order valence-electron chi connectivity index (χ2n) is 3.32. The minimum Gasteiger partial charge on any atom is -0.328 e. The van der Waals surface area contributed by atoms with Gasteiger partial charge in [0, 0.05) is 17.0 Å². The lowest BCUT2D eigenvalue weighted by Gasteiger charge is -2.28. The maximum Gasteiger partial charge on any atom is 0.0400 e. The lowest BCUT2D eigenvalue weighted by Crippen LogP contribution is -2.33. The van der Waals surface area contributed by atoms with Gasteiger partial charge >= 0.3 is 0 Å². The fourth-order valence-electron chi connectivity index (χ4n) is 1.66. The molecule has 4 nitrogen and oxygen atoms in total. The number of hydrogen-bond donors (Lipinski definition) is 1. The third kappa shape index (κ3) is 2.10. The first-order valence-electron chi connectivity index (χ1n) is 4.04. The minimum absolute atomic E-state index is 0.180. The number of azide groups is 1. The minimum atomic E-state index is 0.180. The van der Waals surface area contributed by atoms with E-state index in [0.717, 1.165) is 19.3 Å². The van der Waals surface area contributed by atoms with Crippen LogP contribution in [0, 0.1) is 5.92 Å². The molecular formula is C7H14N4. The Morgan fingerprint density at radius 2 is 2.27 bits per heavy atom. The molecule has 1 fully saturated rings. The number of hydrogen-bond acceptors (Lipinski definition) is 2. The summed E-state index contributed by atoms with van der Waals surface area (Å²) in [7, 11) is 0. The second kappa shape index (κ2) is 3.60. The molecule has 3 unspecified atom stereocenters. The summed E-state index contributed by atoms with van der Waals surface area (Å²) >= 11 is 0. The van der Waals surface area contributed by atoms with Gasteiger partial charge < -0.3 is 5.73 Å². The van der Waals surface area contributed by atoms with Gasteiger partial charge in [0.2, 0.25) is 0 Å². The third-order valence-electron chi connectivity index (χ3n) is 2.36. The largest absolute Gasteiger partial charge is 0.328 e. The van der Waals surface area contributed by atoms with Crippen LogP contribution in [-0.4, -0.2) is 12.1 Å². The van der Waals surface area contributed by atoms with Gasteiger partial charge in [0.1, 0.15) is 0 Å². The highest BCUT2D eigenvalue weighted by Gasteiger charge is 2.24. The predicted octanol–water partition coefficient (Wildman–Crippen LogP) is 1.81. The molecule has 0 aromatic rings. The van der Waals surface area contributed by atoms with Crippen LogP contribution in [0.2, 0.25) is 0 Å². The predicted molar refractivity (Wildman–Crippen MR) is 43.9 cm³/mol. The molecule has 0 bridgehead atoms. The average Bonchev–Trinajstić information content (AvgIpc) is 1.95. The Morgan fingerprint density at radius 3 is 2.82 bits per heavy atom. The zero-order chi connectivity index (χ0) is 8.27. The Labute approximate surface area is 66.4 Å². The Morgan fingerprint density at radius 1 is 1.55 bits per heavy atom. The molecule has 0 aliphatic heterocycles. The van der Waals surface area contributed by atoms with Gasteiger partial charge in [-0.25, -0.2) is 0 Å². The molecule has 1 aliphatic carbocycles. The van der Waals surface area contributed by atoms with Crippen LogP contribution >= 0.6 is 0 Å². The summed E-state index contributed by atoms with van der Waals surface area (Å²) in [5.74, 6) is 0.453. The first kappa shape index (κ1) is 8.37. The summed E-state index contributed by atoms with van der Waals surface area (Å²) < 4.78 is 0. The highest BCUT2D eigenvalue weighted by molar-refractivity contribution is 4.83. The van der Waals surface area contributed by atoms with Gasteiger partial charge in [0.25, 0.3) is 0 Å². The van der Waals surface area contributed by atoms with Crippen molar-refractivity contribution in [2.45, 2.75) is 38.3 Å². The number of nitrogens with zero attached hydrogens (tertiary/aromatic N) is 3. The van der Waals surface area contributed by atoms with E-state index in [2.05, 4.69) is 16.9 Å². The first-order chi connectivity index (χ1) is 5.24. The van der Waals surface area contributed by atoms with E-state index in [4.69, 9.17) is 11.3 Å². The molecule has 0 aromatic heterocycles. The van der Waals surface area contributed by atoms with E-state index in [9.17, 15) is 0 Å². The molecule has 62 valence electrons. The van der Waals surface area contributed by atoms with Crippen LogP contribution in [0.3, 0.4) is 0 Å². The molecule has 4 heteroatoms. The molecule has 0 spiro atoms. The molecule has 0 saturated heterocycles. The van der Waals surface area contributed by atoms with Crippen molar-refractivity contribution in [1.29, 1.82) is 0 Å². The quantitative estimate of drug-likeness (QED) is 0.349. The molecule has 2 N–H and O–H groups in total. The monoisotopic (exact) mass is 154 g/mol. The zero-order valence-corrected chi connectivity index (χ0v) is 6.77. The van der Waals surface area contributed by atoms with Crippen molar-refractivity contribution in [2.24, 2.45) is 16.8 Å². The molecule has 1 aliphatic rings. The van der Waals surface area contributed by atoms with E-state index in [1.54, 1.807) is 0 Å². The van der Waals surface area contributed by atoms with E-state index < -0.39 is 0 Å². The van der Waals surface area contributed by atoms with Gasteiger partial charge in [0.05, 0.1) is 0 Å². The van der Waals surface area contributed by atoms with E-state index >= 15 is 0 Å². The molecule has 1 saturated carbocycles. The third-order valence-corrected chi connectivity index (χ3v) is 2.36. The first-order valence-corrected chi connectivity index (χ1v) is 4.04. The summed E-state index contributed by atoms with van der Waals surface area (Å²) in [6.07, 6.45) is 2.93. The Balaban J connectivity index is 2.50. The fourth-order valence-corrected chi connectivity index (χ4v) is 1.66. The van der Waals surface area contributed by atoms with Crippen molar-refractivity contribution in [3.05, 3.63) is 10.4 Å².